The average molecular weight is 283 g/mol. The van der Waals surface area contributed by atoms with Gasteiger partial charge in [0.1, 0.15) is 24.4 Å². The van der Waals surface area contributed by atoms with Crippen LogP contribution < -0.4 is 10.4 Å². The molecule has 1 aliphatic heterocycles. The van der Waals surface area contributed by atoms with Gasteiger partial charge < -0.3 is 24.8 Å². The van der Waals surface area contributed by atoms with Crippen molar-refractivity contribution in [1.82, 2.24) is 9.55 Å². The lowest BCUT2D eigenvalue weighted by Crippen LogP contribution is -2.49. The average Bonchev–Trinajstić information content (AvgIpc) is 2.72. The van der Waals surface area contributed by atoms with E-state index in [1.54, 1.807) is 6.07 Å². The van der Waals surface area contributed by atoms with Gasteiger partial charge in [-0.2, -0.15) is 10.2 Å². The minimum Gasteiger partial charge on any atom is -0.481 e. The van der Waals surface area contributed by atoms with E-state index in [-0.39, 0.29) is 5.88 Å². The van der Waals surface area contributed by atoms with Crippen LogP contribution in [0.5, 0.6) is 5.88 Å². The van der Waals surface area contributed by atoms with Gasteiger partial charge in [-0.3, -0.25) is 4.57 Å². The molecular weight excluding hydrogens is 270 g/mol. The molecule has 0 aromatic carbocycles. The Morgan fingerprint density at radius 1 is 1.65 bits per heavy atom. The number of hydrogen-bond acceptors (Lipinski definition) is 8. The molecule has 4 unspecified atom stereocenters. The molecule has 0 saturated carbocycles. The number of nitriles is 1. The van der Waals surface area contributed by atoms with Crippen LogP contribution in [0.25, 0.3) is 0 Å². The molecule has 1 aromatic rings. The molecule has 0 bridgehead atoms. The first-order valence-corrected chi connectivity index (χ1v) is 5.70. The van der Waals surface area contributed by atoms with Gasteiger partial charge in [0.05, 0.1) is 13.7 Å². The van der Waals surface area contributed by atoms with Crippen LogP contribution in [0.3, 0.4) is 0 Å². The van der Waals surface area contributed by atoms with Crippen molar-refractivity contribution in [1.29, 1.82) is 5.26 Å². The molecule has 0 aliphatic carbocycles. The summed E-state index contributed by atoms with van der Waals surface area (Å²) < 4.78 is 10.7. The second kappa shape index (κ2) is 5.18. The standard InChI is InChI=1S/C11H13N3O6/c1-19-7-2-3-14(10(18)13-7)11(5-12)9(17)8(16)6(4-15)20-11/h2-3,6,8-9,15-17H,4H2,1H3. The smallest absolute Gasteiger partial charge is 0.354 e. The van der Waals surface area contributed by atoms with E-state index in [9.17, 15) is 20.3 Å². The maximum absolute atomic E-state index is 11.9. The molecule has 0 amide bonds. The maximum Gasteiger partial charge on any atom is 0.354 e. The van der Waals surface area contributed by atoms with Crippen molar-refractivity contribution in [2.24, 2.45) is 0 Å². The predicted molar refractivity (Wildman–Crippen MR) is 62.6 cm³/mol. The first-order valence-electron chi connectivity index (χ1n) is 5.70. The van der Waals surface area contributed by atoms with Crippen LogP contribution in [-0.4, -0.2) is 56.9 Å². The third kappa shape index (κ3) is 1.95. The van der Waals surface area contributed by atoms with Gasteiger partial charge >= 0.3 is 5.69 Å². The van der Waals surface area contributed by atoms with Gasteiger partial charge in [-0.05, 0) is 0 Å². The van der Waals surface area contributed by atoms with Crippen molar-refractivity contribution in [2.75, 3.05) is 13.7 Å². The molecule has 1 aliphatic rings. The molecular formula is C11H13N3O6. The number of aromatic nitrogens is 2. The highest BCUT2D eigenvalue weighted by atomic mass is 16.6. The van der Waals surface area contributed by atoms with E-state index in [0.29, 0.717) is 0 Å². The molecule has 4 atom stereocenters. The van der Waals surface area contributed by atoms with E-state index in [1.807, 2.05) is 0 Å². The zero-order valence-electron chi connectivity index (χ0n) is 10.5. The number of ether oxygens (including phenoxy) is 2. The molecule has 1 aromatic heterocycles. The molecule has 0 radical (unpaired) electrons. The van der Waals surface area contributed by atoms with Crippen LogP contribution in [-0.2, 0) is 10.5 Å². The molecule has 9 heteroatoms. The Morgan fingerprint density at radius 2 is 2.35 bits per heavy atom. The minimum absolute atomic E-state index is 0.0334. The summed E-state index contributed by atoms with van der Waals surface area (Å²) in [6.45, 7) is -0.611. The molecule has 20 heavy (non-hydrogen) atoms. The molecule has 9 nitrogen and oxygen atoms in total. The number of rotatable bonds is 3. The van der Waals surface area contributed by atoms with Crippen molar-refractivity contribution in [3.05, 3.63) is 22.7 Å². The van der Waals surface area contributed by atoms with Crippen molar-refractivity contribution in [2.45, 2.75) is 24.0 Å². The second-order valence-electron chi connectivity index (χ2n) is 4.21. The third-order valence-corrected chi connectivity index (χ3v) is 3.12. The number of nitrogens with zero attached hydrogens (tertiary/aromatic N) is 3. The van der Waals surface area contributed by atoms with Crippen LogP contribution in [0.4, 0.5) is 0 Å². The largest absolute Gasteiger partial charge is 0.481 e. The van der Waals surface area contributed by atoms with Crippen LogP contribution in [0.2, 0.25) is 0 Å². The molecule has 1 fully saturated rings. The Kier molecular flexibility index (Phi) is 3.74. The highest BCUT2D eigenvalue weighted by molar-refractivity contribution is 5.15. The Hall–Kier alpha value is -1.99. The van der Waals surface area contributed by atoms with Gasteiger partial charge in [0, 0.05) is 12.3 Å². The highest BCUT2D eigenvalue weighted by Gasteiger charge is 2.56. The normalized spacial score (nSPS) is 32.9. The summed E-state index contributed by atoms with van der Waals surface area (Å²) in [5.74, 6) is 0.0334. The predicted octanol–water partition coefficient (Wildman–Crippen LogP) is -2.46. The van der Waals surface area contributed by atoms with E-state index in [1.165, 1.54) is 13.2 Å². The lowest BCUT2D eigenvalue weighted by atomic mass is 10.0. The van der Waals surface area contributed by atoms with Crippen LogP contribution in [0.15, 0.2) is 17.1 Å². The molecule has 3 N–H and O–H groups in total. The van der Waals surface area contributed by atoms with Crippen LogP contribution >= 0.6 is 0 Å². The van der Waals surface area contributed by atoms with E-state index in [2.05, 4.69) is 4.98 Å². The Morgan fingerprint density at radius 3 is 2.80 bits per heavy atom. The van der Waals surface area contributed by atoms with Gasteiger partial charge in [-0.25, -0.2) is 4.79 Å². The zero-order valence-corrected chi connectivity index (χ0v) is 10.5. The minimum atomic E-state index is -2.15. The number of aliphatic hydroxyl groups is 3. The fraction of sp³-hybridized carbons (Fsp3) is 0.545. The molecule has 0 spiro atoms. The highest BCUT2D eigenvalue weighted by Crippen LogP contribution is 2.34. The monoisotopic (exact) mass is 283 g/mol. The Balaban J connectivity index is 2.53. The van der Waals surface area contributed by atoms with Crippen LogP contribution in [0.1, 0.15) is 0 Å². The summed E-state index contributed by atoms with van der Waals surface area (Å²) in [4.78, 5) is 15.4. The van der Waals surface area contributed by atoms with E-state index < -0.39 is 36.3 Å². The topological polar surface area (TPSA) is 138 Å². The summed E-state index contributed by atoms with van der Waals surface area (Å²) in [6.07, 6.45) is -3.24. The van der Waals surface area contributed by atoms with E-state index >= 15 is 0 Å². The second-order valence-corrected chi connectivity index (χ2v) is 4.21. The summed E-state index contributed by atoms with van der Waals surface area (Å²) in [6, 6.07) is 2.96. The number of aliphatic hydroxyl groups excluding tert-OH is 3. The Labute approximate surface area is 113 Å². The SMILES string of the molecule is COc1ccn(C2(C#N)OC(CO)C(O)C2O)c(=O)n1. The van der Waals surface area contributed by atoms with Gasteiger partial charge in [-0.15, -0.1) is 0 Å². The zero-order chi connectivity index (χ0) is 14.9. The first kappa shape index (κ1) is 14.4. The lowest BCUT2D eigenvalue weighted by molar-refractivity contribution is -0.109. The van der Waals surface area contributed by atoms with Gasteiger partial charge in [0.25, 0.3) is 5.72 Å². The van der Waals surface area contributed by atoms with Crippen molar-refractivity contribution in [3.8, 4) is 11.9 Å². The molecule has 108 valence electrons. The molecule has 2 rings (SSSR count). The van der Waals surface area contributed by atoms with Crippen molar-refractivity contribution >= 4 is 0 Å². The van der Waals surface area contributed by atoms with Gasteiger partial charge in [-0.1, -0.05) is 0 Å². The molecule has 1 saturated heterocycles. The van der Waals surface area contributed by atoms with Crippen molar-refractivity contribution < 1.29 is 24.8 Å². The number of methoxy groups -OCH3 is 1. The number of hydrogen-bond donors (Lipinski definition) is 3. The maximum atomic E-state index is 11.9. The lowest BCUT2D eigenvalue weighted by Gasteiger charge is -2.26. The molecule has 2 heterocycles. The Bertz CT molecular complexity index is 597. The fourth-order valence-electron chi connectivity index (χ4n) is 2.05. The van der Waals surface area contributed by atoms with E-state index in [0.717, 1.165) is 10.8 Å². The quantitative estimate of drug-likeness (QED) is 0.555. The summed E-state index contributed by atoms with van der Waals surface area (Å²) in [7, 11) is 1.32. The summed E-state index contributed by atoms with van der Waals surface area (Å²) in [5, 5.41) is 38.0. The fourth-order valence-corrected chi connectivity index (χ4v) is 2.05. The van der Waals surface area contributed by atoms with Crippen molar-refractivity contribution in [3.63, 3.8) is 0 Å². The first-order chi connectivity index (χ1) is 9.50. The van der Waals surface area contributed by atoms with Crippen LogP contribution in [0, 0.1) is 11.3 Å². The van der Waals surface area contributed by atoms with E-state index in [4.69, 9.17) is 14.6 Å². The van der Waals surface area contributed by atoms with Gasteiger partial charge in [0.2, 0.25) is 5.88 Å². The summed E-state index contributed by atoms with van der Waals surface area (Å²) in [5.41, 5.74) is -3.04. The summed E-state index contributed by atoms with van der Waals surface area (Å²) >= 11 is 0. The van der Waals surface area contributed by atoms with Gasteiger partial charge in [0.15, 0.2) is 0 Å². The third-order valence-electron chi connectivity index (χ3n) is 3.12.